The predicted octanol–water partition coefficient (Wildman–Crippen LogP) is 4.36. The molecule has 4 nitrogen and oxygen atoms in total. The molecule has 0 atom stereocenters. The van der Waals surface area contributed by atoms with Gasteiger partial charge in [-0.1, -0.05) is 50.1 Å². The Kier molecular flexibility index (Phi) is 5.57. The summed E-state index contributed by atoms with van der Waals surface area (Å²) >= 11 is 0. The van der Waals surface area contributed by atoms with Crippen molar-refractivity contribution in [1.29, 1.82) is 0 Å². The number of carbonyl (C=O) groups is 1. The third-order valence-electron chi connectivity index (χ3n) is 4.90. The predicted molar refractivity (Wildman–Crippen MR) is 102 cm³/mol. The summed E-state index contributed by atoms with van der Waals surface area (Å²) in [5, 5.41) is 3.06. The lowest BCUT2D eigenvalue weighted by atomic mass is 10.1. The number of amides is 1. The summed E-state index contributed by atoms with van der Waals surface area (Å²) in [6.45, 7) is 8.09. The summed E-state index contributed by atoms with van der Waals surface area (Å²) in [5.41, 5.74) is 4.06. The lowest BCUT2D eigenvalue weighted by Gasteiger charge is -2.09. The van der Waals surface area contributed by atoms with Crippen molar-refractivity contribution in [2.24, 2.45) is 5.92 Å². The van der Waals surface area contributed by atoms with Crippen LogP contribution in [0.5, 0.6) is 0 Å². The van der Waals surface area contributed by atoms with Crippen molar-refractivity contribution in [2.75, 3.05) is 6.54 Å². The molecule has 0 aliphatic carbocycles. The maximum Gasteiger partial charge on any atom is 0.271 e. The van der Waals surface area contributed by atoms with E-state index >= 15 is 0 Å². The molecule has 1 aromatic carbocycles. The van der Waals surface area contributed by atoms with Crippen LogP contribution in [0.15, 0.2) is 24.3 Å². The zero-order chi connectivity index (χ0) is 17.8. The van der Waals surface area contributed by atoms with E-state index < -0.39 is 0 Å². The van der Waals surface area contributed by atoms with Crippen LogP contribution in [0.3, 0.4) is 0 Å². The van der Waals surface area contributed by atoms with Gasteiger partial charge in [0, 0.05) is 18.7 Å². The smallest absolute Gasteiger partial charge is 0.271 e. The molecule has 0 fully saturated rings. The van der Waals surface area contributed by atoms with Crippen LogP contribution < -0.4 is 5.32 Å². The maximum absolute atomic E-state index is 12.7. The van der Waals surface area contributed by atoms with Gasteiger partial charge in [0.2, 0.25) is 0 Å². The van der Waals surface area contributed by atoms with Crippen molar-refractivity contribution >= 4 is 5.91 Å². The molecule has 2 heterocycles. The second-order valence-electron chi connectivity index (χ2n) is 7.50. The monoisotopic (exact) mass is 339 g/mol. The van der Waals surface area contributed by atoms with E-state index in [2.05, 4.69) is 54.9 Å². The van der Waals surface area contributed by atoms with Gasteiger partial charge in [0.1, 0.15) is 11.5 Å². The number of carbonyl (C=O) groups excluding carboxylic acids is 1. The topological polar surface area (TPSA) is 46.9 Å². The quantitative estimate of drug-likeness (QED) is 0.880. The molecule has 1 amide bonds. The fraction of sp³-hybridized carbons (Fsp3) is 0.524. The van der Waals surface area contributed by atoms with E-state index in [-0.39, 0.29) is 5.91 Å². The second kappa shape index (κ2) is 7.85. The summed E-state index contributed by atoms with van der Waals surface area (Å²) in [7, 11) is 0. The van der Waals surface area contributed by atoms with Gasteiger partial charge in [0.05, 0.1) is 5.69 Å². The summed E-state index contributed by atoms with van der Waals surface area (Å²) in [4.78, 5) is 17.5. The number of benzene rings is 1. The number of nitrogens with one attached hydrogen (secondary N) is 1. The van der Waals surface area contributed by atoms with E-state index in [1.807, 2.05) is 0 Å². The van der Waals surface area contributed by atoms with Gasteiger partial charge >= 0.3 is 0 Å². The number of fused-ring (bicyclic) bond motifs is 1. The second-order valence-corrected chi connectivity index (χ2v) is 7.50. The van der Waals surface area contributed by atoms with Crippen molar-refractivity contribution in [3.63, 3.8) is 0 Å². The number of rotatable bonds is 5. The fourth-order valence-electron chi connectivity index (χ4n) is 3.38. The molecule has 2 aromatic rings. The summed E-state index contributed by atoms with van der Waals surface area (Å²) in [6.07, 6.45) is 5.42. The molecule has 1 aliphatic heterocycles. The molecule has 0 bridgehead atoms. The minimum absolute atomic E-state index is 0.0235. The molecule has 0 spiro atoms. The Balaban J connectivity index is 1.93. The number of hydrogen-bond acceptors (Lipinski definition) is 2. The molecule has 0 saturated carbocycles. The highest BCUT2D eigenvalue weighted by Gasteiger charge is 2.24. The third kappa shape index (κ3) is 4.12. The lowest BCUT2D eigenvalue weighted by Crippen LogP contribution is -2.26. The first-order valence-electron chi connectivity index (χ1n) is 9.51. The number of aromatic nitrogens is 2. The SMILES string of the molecule is Cc1ccc(-c2nc(C(=O)NCCC(C)C)c3n2CCCCC3)cc1. The molecular formula is C21H29N3O. The molecule has 0 saturated heterocycles. The van der Waals surface area contributed by atoms with Crippen LogP contribution >= 0.6 is 0 Å². The average molecular weight is 339 g/mol. The van der Waals surface area contributed by atoms with E-state index in [0.717, 1.165) is 49.3 Å². The lowest BCUT2D eigenvalue weighted by molar-refractivity contribution is 0.0946. The van der Waals surface area contributed by atoms with Gasteiger partial charge in [-0.15, -0.1) is 0 Å². The Morgan fingerprint density at radius 3 is 2.68 bits per heavy atom. The zero-order valence-electron chi connectivity index (χ0n) is 15.6. The highest BCUT2D eigenvalue weighted by molar-refractivity contribution is 5.94. The molecule has 0 radical (unpaired) electrons. The average Bonchev–Trinajstić information content (AvgIpc) is 2.77. The molecule has 1 aromatic heterocycles. The fourth-order valence-corrected chi connectivity index (χ4v) is 3.38. The van der Waals surface area contributed by atoms with Gasteiger partial charge < -0.3 is 9.88 Å². The van der Waals surface area contributed by atoms with Crippen LogP contribution in [-0.4, -0.2) is 22.0 Å². The van der Waals surface area contributed by atoms with Crippen molar-refractivity contribution in [1.82, 2.24) is 14.9 Å². The van der Waals surface area contributed by atoms with E-state index in [1.54, 1.807) is 0 Å². The Hall–Kier alpha value is -2.10. The first-order valence-corrected chi connectivity index (χ1v) is 9.51. The van der Waals surface area contributed by atoms with E-state index in [1.165, 1.54) is 12.0 Å². The Labute approximate surface area is 150 Å². The van der Waals surface area contributed by atoms with Crippen molar-refractivity contribution in [3.05, 3.63) is 41.2 Å². The largest absolute Gasteiger partial charge is 0.351 e. The highest BCUT2D eigenvalue weighted by Crippen LogP contribution is 2.27. The van der Waals surface area contributed by atoms with Gasteiger partial charge in [0.15, 0.2) is 0 Å². The summed E-state index contributed by atoms with van der Waals surface area (Å²) in [5.74, 6) is 1.50. The third-order valence-corrected chi connectivity index (χ3v) is 4.90. The number of aryl methyl sites for hydroxylation is 1. The standard InChI is InChI=1S/C21H29N3O/c1-15(2)12-13-22-21(25)19-18-7-5-4-6-14-24(18)20(23-19)17-10-8-16(3)9-11-17/h8-11,15H,4-7,12-14H2,1-3H3,(H,22,25). The van der Waals surface area contributed by atoms with Gasteiger partial charge in [-0.05, 0) is 38.5 Å². The van der Waals surface area contributed by atoms with E-state index in [0.29, 0.717) is 18.2 Å². The minimum atomic E-state index is -0.0235. The summed E-state index contributed by atoms with van der Waals surface area (Å²) < 4.78 is 2.27. The molecule has 4 heteroatoms. The van der Waals surface area contributed by atoms with E-state index in [4.69, 9.17) is 4.98 Å². The first kappa shape index (κ1) is 17.7. The van der Waals surface area contributed by atoms with Gasteiger partial charge in [-0.2, -0.15) is 0 Å². The van der Waals surface area contributed by atoms with Crippen LogP contribution in [-0.2, 0) is 13.0 Å². The normalized spacial score (nSPS) is 14.2. The Bertz CT molecular complexity index is 728. The first-order chi connectivity index (χ1) is 12.1. The van der Waals surface area contributed by atoms with Crippen LogP contribution in [0.2, 0.25) is 0 Å². The molecule has 0 unspecified atom stereocenters. The van der Waals surface area contributed by atoms with Crippen LogP contribution in [0.25, 0.3) is 11.4 Å². The van der Waals surface area contributed by atoms with Crippen LogP contribution in [0, 0.1) is 12.8 Å². The van der Waals surface area contributed by atoms with Gasteiger partial charge in [-0.25, -0.2) is 4.98 Å². The van der Waals surface area contributed by atoms with Crippen molar-refractivity contribution in [3.8, 4) is 11.4 Å². The molecule has 134 valence electrons. The molecule has 25 heavy (non-hydrogen) atoms. The van der Waals surface area contributed by atoms with Crippen molar-refractivity contribution in [2.45, 2.75) is 59.4 Å². The molecule has 1 N–H and O–H groups in total. The van der Waals surface area contributed by atoms with Crippen LogP contribution in [0.4, 0.5) is 0 Å². The van der Waals surface area contributed by atoms with Crippen LogP contribution in [0.1, 0.15) is 61.3 Å². The number of hydrogen-bond donors (Lipinski definition) is 1. The Morgan fingerprint density at radius 2 is 1.96 bits per heavy atom. The number of nitrogens with zero attached hydrogens (tertiary/aromatic N) is 2. The van der Waals surface area contributed by atoms with Crippen molar-refractivity contribution < 1.29 is 4.79 Å². The molecule has 1 aliphatic rings. The minimum Gasteiger partial charge on any atom is -0.351 e. The summed E-state index contributed by atoms with van der Waals surface area (Å²) in [6, 6.07) is 8.43. The zero-order valence-corrected chi connectivity index (χ0v) is 15.6. The number of imidazole rings is 1. The van der Waals surface area contributed by atoms with Gasteiger partial charge in [-0.3, -0.25) is 4.79 Å². The molecule has 3 rings (SSSR count). The highest BCUT2D eigenvalue weighted by atomic mass is 16.1. The van der Waals surface area contributed by atoms with Gasteiger partial charge in [0.25, 0.3) is 5.91 Å². The maximum atomic E-state index is 12.7. The molecular weight excluding hydrogens is 310 g/mol. The Morgan fingerprint density at radius 1 is 1.20 bits per heavy atom. The van der Waals surface area contributed by atoms with E-state index in [9.17, 15) is 4.79 Å².